The molecule has 1 heteroatoms. The molecular weight excluding hydrogens is 304 g/mol. The summed E-state index contributed by atoms with van der Waals surface area (Å²) in [6.45, 7) is 4.51. The molecule has 0 aromatic heterocycles. The minimum absolute atomic E-state index is 0.332. The van der Waals surface area contributed by atoms with Crippen LogP contribution >= 0.6 is 0 Å². The van der Waals surface area contributed by atoms with E-state index in [9.17, 15) is 5.11 Å². The number of hydrogen-bond donors (Lipinski definition) is 1. The summed E-state index contributed by atoms with van der Waals surface area (Å²) >= 11 is 0. The zero-order valence-corrected chi connectivity index (χ0v) is 15.0. The highest BCUT2D eigenvalue weighted by molar-refractivity contribution is 5.63. The molecule has 3 rings (SSSR count). The number of aromatic hydroxyl groups is 1. The average Bonchev–Trinajstić information content (AvgIpc) is 2.68. The topological polar surface area (TPSA) is 20.2 Å². The maximum absolute atomic E-state index is 9.56. The van der Waals surface area contributed by atoms with Crippen LogP contribution in [0.3, 0.4) is 0 Å². The molecule has 128 valence electrons. The van der Waals surface area contributed by atoms with Crippen molar-refractivity contribution < 1.29 is 5.11 Å². The molecule has 3 aromatic carbocycles. The molecule has 2 atom stereocenters. The molecule has 0 aliphatic carbocycles. The highest BCUT2D eigenvalue weighted by Gasteiger charge is 2.22. The van der Waals surface area contributed by atoms with Crippen molar-refractivity contribution in [1.29, 1.82) is 0 Å². The van der Waals surface area contributed by atoms with Gasteiger partial charge in [0, 0.05) is 0 Å². The molecule has 0 bridgehead atoms. The Labute approximate surface area is 151 Å². The van der Waals surface area contributed by atoms with Crippen molar-refractivity contribution in [3.63, 3.8) is 0 Å². The van der Waals surface area contributed by atoms with Gasteiger partial charge in [0.15, 0.2) is 0 Å². The van der Waals surface area contributed by atoms with Crippen molar-refractivity contribution in [3.8, 4) is 16.9 Å². The maximum Gasteiger partial charge on any atom is 0.115 e. The van der Waals surface area contributed by atoms with E-state index in [1.54, 1.807) is 12.1 Å². The van der Waals surface area contributed by atoms with Crippen LogP contribution in [0.5, 0.6) is 5.75 Å². The summed E-state index contributed by atoms with van der Waals surface area (Å²) in [7, 11) is 0. The van der Waals surface area contributed by atoms with Gasteiger partial charge < -0.3 is 5.11 Å². The first-order valence-electron chi connectivity index (χ1n) is 9.17. The Bertz CT molecular complexity index is 773. The van der Waals surface area contributed by atoms with Gasteiger partial charge in [0.25, 0.3) is 0 Å². The van der Waals surface area contributed by atoms with Crippen LogP contribution in [0.25, 0.3) is 11.1 Å². The van der Waals surface area contributed by atoms with Gasteiger partial charge in [0.05, 0.1) is 0 Å². The molecule has 25 heavy (non-hydrogen) atoms. The zero-order chi connectivity index (χ0) is 17.6. The van der Waals surface area contributed by atoms with E-state index in [0.717, 1.165) is 12.8 Å². The minimum atomic E-state index is 0.332. The first kappa shape index (κ1) is 17.3. The van der Waals surface area contributed by atoms with Gasteiger partial charge in [-0.2, -0.15) is 0 Å². The van der Waals surface area contributed by atoms with Gasteiger partial charge in [-0.25, -0.2) is 0 Å². The normalized spacial score (nSPS) is 13.4. The second-order valence-electron chi connectivity index (χ2n) is 6.61. The third-order valence-electron chi connectivity index (χ3n) is 5.13. The number of phenols is 1. The third kappa shape index (κ3) is 3.93. The Kier molecular flexibility index (Phi) is 5.55. The number of rotatable bonds is 6. The molecule has 0 saturated heterocycles. The third-order valence-corrected chi connectivity index (χ3v) is 5.13. The number of benzene rings is 3. The van der Waals surface area contributed by atoms with Crippen molar-refractivity contribution in [3.05, 3.63) is 90.0 Å². The van der Waals surface area contributed by atoms with E-state index in [2.05, 4.69) is 80.6 Å². The summed E-state index contributed by atoms with van der Waals surface area (Å²) in [4.78, 5) is 0. The SMILES string of the molecule is CC[C@H](c1ccc(-c2ccccc2)cc1)[C@@H](CC)c1ccc(O)cc1. The molecule has 3 aromatic rings. The van der Waals surface area contributed by atoms with E-state index in [-0.39, 0.29) is 0 Å². The molecule has 0 unspecified atom stereocenters. The van der Waals surface area contributed by atoms with Gasteiger partial charge in [-0.05, 0) is 59.1 Å². The maximum atomic E-state index is 9.56. The van der Waals surface area contributed by atoms with Gasteiger partial charge in [0.1, 0.15) is 5.75 Å². The summed E-state index contributed by atoms with van der Waals surface area (Å²) in [5.74, 6) is 1.28. The summed E-state index contributed by atoms with van der Waals surface area (Å²) in [5.41, 5.74) is 5.21. The smallest absolute Gasteiger partial charge is 0.115 e. The van der Waals surface area contributed by atoms with Crippen molar-refractivity contribution in [1.82, 2.24) is 0 Å². The highest BCUT2D eigenvalue weighted by atomic mass is 16.3. The molecule has 0 saturated carbocycles. The van der Waals surface area contributed by atoms with E-state index >= 15 is 0 Å². The van der Waals surface area contributed by atoms with Crippen LogP contribution in [0.4, 0.5) is 0 Å². The van der Waals surface area contributed by atoms with Crippen molar-refractivity contribution in [2.24, 2.45) is 0 Å². The molecule has 0 spiro atoms. The molecule has 0 radical (unpaired) electrons. The molecule has 1 nitrogen and oxygen atoms in total. The standard InChI is InChI=1S/C24H26O/c1-3-23(24(4-2)21-14-16-22(25)17-15-21)20-12-10-19(11-13-20)18-8-6-5-7-9-18/h5-17,23-25H,3-4H2,1-2H3/t23-,24+/m1/s1. The fourth-order valence-corrected chi connectivity index (χ4v) is 3.78. The van der Waals surface area contributed by atoms with E-state index in [1.807, 2.05) is 0 Å². The molecular formula is C24H26O. The summed E-state index contributed by atoms with van der Waals surface area (Å²) in [5, 5.41) is 9.56. The van der Waals surface area contributed by atoms with E-state index in [1.165, 1.54) is 22.3 Å². The van der Waals surface area contributed by atoms with Gasteiger partial charge in [-0.1, -0.05) is 80.6 Å². The minimum Gasteiger partial charge on any atom is -0.508 e. The lowest BCUT2D eigenvalue weighted by atomic mass is 9.78. The van der Waals surface area contributed by atoms with Gasteiger partial charge in [-0.15, -0.1) is 0 Å². The largest absolute Gasteiger partial charge is 0.508 e. The Morgan fingerprint density at radius 3 is 1.52 bits per heavy atom. The number of hydrogen-bond acceptors (Lipinski definition) is 1. The Morgan fingerprint density at radius 2 is 1.04 bits per heavy atom. The van der Waals surface area contributed by atoms with Crippen LogP contribution in [-0.2, 0) is 0 Å². The Balaban J connectivity index is 1.88. The van der Waals surface area contributed by atoms with Crippen molar-refractivity contribution in [2.75, 3.05) is 0 Å². The fourth-order valence-electron chi connectivity index (χ4n) is 3.78. The number of phenolic OH excluding ortho intramolecular Hbond substituents is 1. The molecule has 0 heterocycles. The Hall–Kier alpha value is -2.54. The van der Waals surface area contributed by atoms with Gasteiger partial charge in [-0.3, -0.25) is 0 Å². The van der Waals surface area contributed by atoms with Crippen LogP contribution < -0.4 is 0 Å². The molecule has 0 amide bonds. The quantitative estimate of drug-likeness (QED) is 0.530. The van der Waals surface area contributed by atoms with E-state index in [0.29, 0.717) is 17.6 Å². The second-order valence-corrected chi connectivity index (χ2v) is 6.61. The molecule has 0 aliphatic heterocycles. The lowest BCUT2D eigenvalue weighted by Gasteiger charge is -2.26. The first-order valence-corrected chi connectivity index (χ1v) is 9.17. The summed E-state index contributed by atoms with van der Waals surface area (Å²) in [6.07, 6.45) is 2.19. The molecule has 0 fully saturated rings. The summed E-state index contributed by atoms with van der Waals surface area (Å²) < 4.78 is 0. The monoisotopic (exact) mass is 330 g/mol. The van der Waals surface area contributed by atoms with Gasteiger partial charge >= 0.3 is 0 Å². The fraction of sp³-hybridized carbons (Fsp3) is 0.250. The van der Waals surface area contributed by atoms with Crippen molar-refractivity contribution in [2.45, 2.75) is 38.5 Å². The van der Waals surface area contributed by atoms with Crippen LogP contribution in [-0.4, -0.2) is 5.11 Å². The summed E-state index contributed by atoms with van der Waals surface area (Å²) in [6, 6.07) is 27.2. The predicted octanol–water partition coefficient (Wildman–Crippen LogP) is 6.75. The van der Waals surface area contributed by atoms with Crippen LogP contribution in [0.15, 0.2) is 78.9 Å². The molecule has 0 aliphatic rings. The average molecular weight is 330 g/mol. The van der Waals surface area contributed by atoms with Crippen LogP contribution in [0.2, 0.25) is 0 Å². The van der Waals surface area contributed by atoms with Crippen molar-refractivity contribution >= 4 is 0 Å². The lowest BCUT2D eigenvalue weighted by molar-refractivity contribution is 0.473. The van der Waals surface area contributed by atoms with Crippen LogP contribution in [0.1, 0.15) is 49.7 Å². The zero-order valence-electron chi connectivity index (χ0n) is 15.0. The van der Waals surface area contributed by atoms with E-state index in [4.69, 9.17) is 0 Å². The first-order chi connectivity index (χ1) is 12.2. The second kappa shape index (κ2) is 8.02. The van der Waals surface area contributed by atoms with Crippen LogP contribution in [0, 0.1) is 0 Å². The Morgan fingerprint density at radius 1 is 0.600 bits per heavy atom. The predicted molar refractivity (Wildman–Crippen MR) is 106 cm³/mol. The van der Waals surface area contributed by atoms with E-state index < -0.39 is 0 Å². The van der Waals surface area contributed by atoms with Gasteiger partial charge in [0.2, 0.25) is 0 Å². The highest BCUT2D eigenvalue weighted by Crippen LogP contribution is 2.38. The lowest BCUT2D eigenvalue weighted by Crippen LogP contribution is -2.10. The molecule has 1 N–H and O–H groups in total.